The summed E-state index contributed by atoms with van der Waals surface area (Å²) in [7, 11) is 0. The highest BCUT2D eigenvalue weighted by Gasteiger charge is 2.10. The van der Waals surface area contributed by atoms with Crippen molar-refractivity contribution in [3.8, 4) is 0 Å². The summed E-state index contributed by atoms with van der Waals surface area (Å²) < 4.78 is 0. The van der Waals surface area contributed by atoms with Crippen molar-refractivity contribution in [1.29, 1.82) is 0 Å². The second kappa shape index (κ2) is 5.99. The normalized spacial score (nSPS) is 12.2. The summed E-state index contributed by atoms with van der Waals surface area (Å²) in [5.74, 6) is 7.61. The van der Waals surface area contributed by atoms with Crippen LogP contribution in [0.4, 0.5) is 11.6 Å². The van der Waals surface area contributed by atoms with Crippen molar-refractivity contribution >= 4 is 23.0 Å². The molecule has 0 aliphatic heterocycles. The van der Waals surface area contributed by atoms with E-state index in [1.807, 2.05) is 13.0 Å². The van der Waals surface area contributed by atoms with Crippen molar-refractivity contribution in [3.63, 3.8) is 0 Å². The lowest BCUT2D eigenvalue weighted by Crippen LogP contribution is -2.13. The predicted octanol–water partition coefficient (Wildman–Crippen LogP) is 2.87. The van der Waals surface area contributed by atoms with Gasteiger partial charge in [-0.15, -0.1) is 11.3 Å². The number of nitrogens with two attached hydrogens (primary N) is 1. The Morgan fingerprint density at radius 3 is 2.63 bits per heavy atom. The summed E-state index contributed by atoms with van der Waals surface area (Å²) in [6.45, 7) is 6.25. The third-order valence-electron chi connectivity index (χ3n) is 2.79. The Labute approximate surface area is 117 Å². The molecule has 4 N–H and O–H groups in total. The average molecular weight is 277 g/mol. The smallest absolute Gasteiger partial charge is 0.145 e. The van der Waals surface area contributed by atoms with E-state index in [9.17, 15) is 0 Å². The number of aryl methyl sites for hydroxylation is 2. The van der Waals surface area contributed by atoms with Crippen molar-refractivity contribution in [3.05, 3.63) is 33.8 Å². The number of nitrogens with one attached hydrogen (secondary N) is 2. The summed E-state index contributed by atoms with van der Waals surface area (Å²) in [6.07, 6.45) is 0.774. The van der Waals surface area contributed by atoms with Crippen LogP contribution in [-0.4, -0.2) is 9.97 Å². The van der Waals surface area contributed by atoms with E-state index < -0.39 is 0 Å². The minimum atomic E-state index is 0.212. The molecule has 6 heteroatoms. The van der Waals surface area contributed by atoms with Crippen molar-refractivity contribution in [2.45, 2.75) is 33.2 Å². The Bertz CT molecular complexity index is 529. The summed E-state index contributed by atoms with van der Waals surface area (Å²) >= 11 is 1.79. The molecule has 2 heterocycles. The van der Waals surface area contributed by atoms with Crippen molar-refractivity contribution < 1.29 is 0 Å². The molecule has 0 bridgehead atoms. The largest absolute Gasteiger partial charge is 0.363 e. The molecule has 0 aliphatic carbocycles. The van der Waals surface area contributed by atoms with Gasteiger partial charge in [-0.2, -0.15) is 0 Å². The maximum absolute atomic E-state index is 5.42. The van der Waals surface area contributed by atoms with Crippen LogP contribution in [0.1, 0.15) is 35.5 Å². The fourth-order valence-electron chi connectivity index (χ4n) is 1.78. The molecule has 2 aromatic heterocycles. The number of thiophene rings is 1. The minimum absolute atomic E-state index is 0.212. The van der Waals surface area contributed by atoms with Crippen LogP contribution in [0.3, 0.4) is 0 Å². The van der Waals surface area contributed by atoms with Crippen LogP contribution in [0.5, 0.6) is 0 Å². The zero-order chi connectivity index (χ0) is 13.8. The maximum atomic E-state index is 5.42. The lowest BCUT2D eigenvalue weighted by Gasteiger charge is -2.14. The van der Waals surface area contributed by atoms with Crippen molar-refractivity contribution in [1.82, 2.24) is 9.97 Å². The number of aromatic nitrogens is 2. The van der Waals surface area contributed by atoms with Crippen LogP contribution in [0.15, 0.2) is 18.2 Å². The third-order valence-corrected chi connectivity index (χ3v) is 3.97. The molecule has 2 aromatic rings. The number of hydrazine groups is 1. The molecule has 102 valence electrons. The van der Waals surface area contributed by atoms with Crippen molar-refractivity contribution in [2.75, 3.05) is 10.7 Å². The van der Waals surface area contributed by atoms with Gasteiger partial charge in [0.25, 0.3) is 0 Å². The van der Waals surface area contributed by atoms with Gasteiger partial charge in [0.15, 0.2) is 0 Å². The number of nitrogen functional groups attached to an aromatic ring is 1. The second-order valence-electron chi connectivity index (χ2n) is 4.37. The van der Waals surface area contributed by atoms with Gasteiger partial charge < -0.3 is 10.7 Å². The molecule has 0 spiro atoms. The topological polar surface area (TPSA) is 75.9 Å². The molecule has 0 saturated carbocycles. The first-order chi connectivity index (χ1) is 9.12. The highest BCUT2D eigenvalue weighted by molar-refractivity contribution is 7.12. The first-order valence-electron chi connectivity index (χ1n) is 6.29. The zero-order valence-corrected chi connectivity index (χ0v) is 12.2. The molecule has 5 nitrogen and oxygen atoms in total. The summed E-state index contributed by atoms with van der Waals surface area (Å²) in [6, 6.07) is 6.30. The Hall–Kier alpha value is -1.66. The van der Waals surface area contributed by atoms with Crippen LogP contribution in [-0.2, 0) is 6.42 Å². The molecule has 2 rings (SSSR count). The van der Waals surface area contributed by atoms with Crippen LogP contribution < -0.4 is 16.6 Å². The highest BCUT2D eigenvalue weighted by atomic mass is 32.1. The lowest BCUT2D eigenvalue weighted by atomic mass is 10.2. The van der Waals surface area contributed by atoms with Gasteiger partial charge in [0, 0.05) is 22.2 Å². The van der Waals surface area contributed by atoms with Crippen LogP contribution in [0.25, 0.3) is 0 Å². The van der Waals surface area contributed by atoms with E-state index in [1.165, 1.54) is 9.75 Å². The van der Waals surface area contributed by atoms with Crippen molar-refractivity contribution in [2.24, 2.45) is 5.84 Å². The first kappa shape index (κ1) is 13.8. The standard InChI is InChI=1S/C13H19N5S/c1-4-11-16-12(7-13(17-11)18-14)15-9(3)10-6-5-8(2)19-10/h5-7,9H,4,14H2,1-3H3,(H2,15,16,17,18). The number of hydrogen-bond donors (Lipinski definition) is 3. The number of rotatable bonds is 5. The monoisotopic (exact) mass is 277 g/mol. The van der Waals surface area contributed by atoms with Gasteiger partial charge in [-0.3, -0.25) is 0 Å². The predicted molar refractivity (Wildman–Crippen MR) is 80.3 cm³/mol. The molecule has 1 atom stereocenters. The van der Waals surface area contributed by atoms with Gasteiger partial charge in [-0.25, -0.2) is 15.8 Å². The van der Waals surface area contributed by atoms with E-state index >= 15 is 0 Å². The zero-order valence-electron chi connectivity index (χ0n) is 11.4. The third kappa shape index (κ3) is 3.42. The lowest BCUT2D eigenvalue weighted by molar-refractivity contribution is 0.872. The fraction of sp³-hybridized carbons (Fsp3) is 0.385. The second-order valence-corrected chi connectivity index (χ2v) is 5.69. The van der Waals surface area contributed by atoms with E-state index in [4.69, 9.17) is 5.84 Å². The van der Waals surface area contributed by atoms with Gasteiger partial charge in [0.05, 0.1) is 6.04 Å². The molecule has 0 saturated heterocycles. The molecule has 19 heavy (non-hydrogen) atoms. The van der Waals surface area contributed by atoms with Crippen LogP contribution in [0, 0.1) is 6.92 Å². The minimum Gasteiger partial charge on any atom is -0.363 e. The number of nitrogens with zero attached hydrogens (tertiary/aromatic N) is 2. The first-order valence-corrected chi connectivity index (χ1v) is 7.11. The Morgan fingerprint density at radius 1 is 1.32 bits per heavy atom. The quantitative estimate of drug-likeness (QED) is 0.579. The maximum Gasteiger partial charge on any atom is 0.145 e. The van der Waals surface area contributed by atoms with Gasteiger partial charge in [0.1, 0.15) is 17.5 Å². The summed E-state index contributed by atoms with van der Waals surface area (Å²) in [5, 5.41) is 3.38. The average Bonchev–Trinajstić information content (AvgIpc) is 2.85. The number of anilines is 2. The molecular formula is C13H19N5S. The van der Waals surface area contributed by atoms with E-state index in [2.05, 4.69) is 46.7 Å². The molecule has 0 aromatic carbocycles. The van der Waals surface area contributed by atoms with Gasteiger partial charge >= 0.3 is 0 Å². The van der Waals surface area contributed by atoms with Crippen LogP contribution >= 0.6 is 11.3 Å². The van der Waals surface area contributed by atoms with E-state index in [-0.39, 0.29) is 6.04 Å². The van der Waals surface area contributed by atoms with Crippen LogP contribution in [0.2, 0.25) is 0 Å². The summed E-state index contributed by atoms with van der Waals surface area (Å²) in [5.41, 5.74) is 2.57. The molecule has 0 amide bonds. The molecule has 0 fully saturated rings. The highest BCUT2D eigenvalue weighted by Crippen LogP contribution is 2.25. The molecular weight excluding hydrogens is 258 g/mol. The molecule has 0 aliphatic rings. The SMILES string of the molecule is CCc1nc(NN)cc(NC(C)c2ccc(C)s2)n1. The Balaban J connectivity index is 2.18. The van der Waals surface area contributed by atoms with Gasteiger partial charge in [-0.1, -0.05) is 6.92 Å². The van der Waals surface area contributed by atoms with Gasteiger partial charge in [0.2, 0.25) is 0 Å². The van der Waals surface area contributed by atoms with E-state index in [0.717, 1.165) is 18.1 Å². The molecule has 0 radical (unpaired) electrons. The van der Waals surface area contributed by atoms with E-state index in [0.29, 0.717) is 5.82 Å². The number of hydrogen-bond acceptors (Lipinski definition) is 6. The van der Waals surface area contributed by atoms with Gasteiger partial charge in [-0.05, 0) is 26.0 Å². The molecule has 1 unspecified atom stereocenters. The fourth-order valence-corrected chi connectivity index (χ4v) is 2.66. The Kier molecular flexibility index (Phi) is 4.34. The summed E-state index contributed by atoms with van der Waals surface area (Å²) in [4.78, 5) is 11.3. The van der Waals surface area contributed by atoms with E-state index in [1.54, 1.807) is 11.3 Å². The Morgan fingerprint density at radius 2 is 2.05 bits per heavy atom.